The molecule has 1 atom stereocenters. The first-order chi connectivity index (χ1) is 11.6. The summed E-state index contributed by atoms with van der Waals surface area (Å²) in [5, 5.41) is 0. The maximum Gasteiger partial charge on any atom is 0.330 e. The molecule has 1 fully saturated rings. The van der Waals surface area contributed by atoms with Crippen LogP contribution in [0.2, 0.25) is 0 Å². The Bertz CT molecular complexity index is 629. The van der Waals surface area contributed by atoms with E-state index in [1.165, 1.54) is 12.2 Å². The summed E-state index contributed by atoms with van der Waals surface area (Å²) < 4.78 is 5.62. The quantitative estimate of drug-likeness (QED) is 0.615. The summed E-state index contributed by atoms with van der Waals surface area (Å²) in [6.07, 6.45) is 7.52. The van der Waals surface area contributed by atoms with Crippen LogP contribution >= 0.6 is 0 Å². The van der Waals surface area contributed by atoms with Crippen LogP contribution in [0.5, 0.6) is 0 Å². The van der Waals surface area contributed by atoms with Gasteiger partial charge in [-0.15, -0.1) is 0 Å². The van der Waals surface area contributed by atoms with E-state index < -0.39 is 23.8 Å². The third-order valence-corrected chi connectivity index (χ3v) is 4.53. The Hall–Kier alpha value is -2.43. The molecule has 0 N–H and O–H groups in total. The molecule has 0 unspecified atom stereocenters. The average molecular weight is 327 g/mol. The first kappa shape index (κ1) is 16.4. The van der Waals surface area contributed by atoms with Crippen LogP contribution in [0.1, 0.15) is 37.7 Å². The fraction of sp³-hybridized carbons (Fsp3) is 0.421. The molecule has 5 nitrogen and oxygen atoms in total. The SMILES string of the molecule is O=C(OC1CCCCC1)[C@H](Cc1ccccc1)N1C(=O)C=CC1=O. The third-order valence-electron chi connectivity index (χ3n) is 4.53. The molecular formula is C19H21NO4. The molecule has 0 spiro atoms. The topological polar surface area (TPSA) is 63.7 Å². The number of hydrogen-bond acceptors (Lipinski definition) is 4. The standard InChI is InChI=1S/C19H21NO4/c21-17-11-12-18(22)20(17)16(13-14-7-3-1-4-8-14)19(23)24-15-9-5-2-6-10-15/h1,3-4,7-8,11-12,15-16H,2,5-6,9-10,13H2/t16-/m0/s1. The summed E-state index contributed by atoms with van der Waals surface area (Å²) in [6, 6.07) is 8.45. The highest BCUT2D eigenvalue weighted by Crippen LogP contribution is 2.23. The van der Waals surface area contributed by atoms with Gasteiger partial charge in [-0.05, 0) is 31.2 Å². The normalized spacial score (nSPS) is 19.6. The zero-order chi connectivity index (χ0) is 16.9. The summed E-state index contributed by atoms with van der Waals surface area (Å²) in [4.78, 5) is 37.8. The summed E-state index contributed by atoms with van der Waals surface area (Å²) in [5.74, 6) is -1.40. The smallest absolute Gasteiger partial charge is 0.330 e. The number of nitrogens with zero attached hydrogens (tertiary/aromatic N) is 1. The minimum Gasteiger partial charge on any atom is -0.461 e. The largest absolute Gasteiger partial charge is 0.461 e. The number of carbonyl (C=O) groups excluding carboxylic acids is 3. The summed E-state index contributed by atoms with van der Waals surface area (Å²) in [6.45, 7) is 0. The van der Waals surface area contributed by atoms with Gasteiger partial charge in [0.25, 0.3) is 11.8 Å². The lowest BCUT2D eigenvalue weighted by molar-refractivity contribution is -0.162. The second kappa shape index (κ2) is 7.43. The van der Waals surface area contributed by atoms with Gasteiger partial charge in [0, 0.05) is 18.6 Å². The van der Waals surface area contributed by atoms with E-state index in [4.69, 9.17) is 4.74 Å². The molecule has 1 aromatic rings. The molecule has 1 heterocycles. The van der Waals surface area contributed by atoms with Crippen LogP contribution in [0.15, 0.2) is 42.5 Å². The van der Waals surface area contributed by atoms with E-state index in [0.29, 0.717) is 0 Å². The first-order valence-electron chi connectivity index (χ1n) is 8.45. The van der Waals surface area contributed by atoms with Gasteiger partial charge in [-0.1, -0.05) is 36.8 Å². The van der Waals surface area contributed by atoms with Crippen molar-refractivity contribution in [1.29, 1.82) is 0 Å². The van der Waals surface area contributed by atoms with Gasteiger partial charge in [0.2, 0.25) is 0 Å². The van der Waals surface area contributed by atoms with Crippen LogP contribution in [-0.4, -0.2) is 34.8 Å². The number of esters is 1. The lowest BCUT2D eigenvalue weighted by atomic mass is 9.97. The van der Waals surface area contributed by atoms with Crippen LogP contribution in [0.4, 0.5) is 0 Å². The number of ether oxygens (including phenoxy) is 1. The van der Waals surface area contributed by atoms with E-state index in [1.807, 2.05) is 30.3 Å². The molecule has 0 bridgehead atoms. The summed E-state index contributed by atoms with van der Waals surface area (Å²) in [7, 11) is 0. The average Bonchev–Trinajstić information content (AvgIpc) is 2.93. The van der Waals surface area contributed by atoms with E-state index >= 15 is 0 Å². The highest BCUT2D eigenvalue weighted by molar-refractivity contribution is 6.14. The highest BCUT2D eigenvalue weighted by Gasteiger charge is 2.37. The van der Waals surface area contributed by atoms with E-state index in [1.54, 1.807) is 0 Å². The van der Waals surface area contributed by atoms with Crippen molar-refractivity contribution < 1.29 is 19.1 Å². The van der Waals surface area contributed by atoms with Crippen molar-refractivity contribution in [2.24, 2.45) is 0 Å². The van der Waals surface area contributed by atoms with E-state index in [0.717, 1.165) is 42.6 Å². The lowest BCUT2D eigenvalue weighted by Crippen LogP contribution is -2.48. The van der Waals surface area contributed by atoms with Gasteiger partial charge < -0.3 is 4.74 Å². The summed E-state index contributed by atoms with van der Waals surface area (Å²) >= 11 is 0. The predicted molar refractivity (Wildman–Crippen MR) is 87.9 cm³/mol. The molecule has 1 saturated carbocycles. The Morgan fingerprint density at radius 3 is 2.29 bits per heavy atom. The molecular weight excluding hydrogens is 306 g/mol. The molecule has 0 radical (unpaired) electrons. The lowest BCUT2D eigenvalue weighted by Gasteiger charge is -2.28. The van der Waals surface area contributed by atoms with Crippen molar-refractivity contribution in [1.82, 2.24) is 4.90 Å². The number of hydrogen-bond donors (Lipinski definition) is 0. The maximum absolute atomic E-state index is 12.7. The van der Waals surface area contributed by atoms with E-state index in [2.05, 4.69) is 0 Å². The molecule has 2 amide bonds. The zero-order valence-electron chi connectivity index (χ0n) is 13.5. The molecule has 3 rings (SSSR count). The molecule has 126 valence electrons. The molecule has 5 heteroatoms. The Labute approximate surface area is 141 Å². The summed E-state index contributed by atoms with van der Waals surface area (Å²) in [5.41, 5.74) is 0.885. The Morgan fingerprint density at radius 1 is 1.04 bits per heavy atom. The van der Waals surface area contributed by atoms with Crippen molar-refractivity contribution in [2.45, 2.75) is 50.7 Å². The van der Waals surface area contributed by atoms with Crippen molar-refractivity contribution >= 4 is 17.8 Å². The van der Waals surface area contributed by atoms with Gasteiger partial charge >= 0.3 is 5.97 Å². The van der Waals surface area contributed by atoms with Crippen LogP contribution in [0.3, 0.4) is 0 Å². The Morgan fingerprint density at radius 2 is 1.67 bits per heavy atom. The number of benzene rings is 1. The van der Waals surface area contributed by atoms with Crippen molar-refractivity contribution in [3.05, 3.63) is 48.0 Å². The fourth-order valence-electron chi connectivity index (χ4n) is 3.26. The molecule has 24 heavy (non-hydrogen) atoms. The number of imide groups is 1. The van der Waals surface area contributed by atoms with Gasteiger partial charge in [-0.2, -0.15) is 0 Å². The highest BCUT2D eigenvalue weighted by atomic mass is 16.5. The molecule has 1 aromatic carbocycles. The second-order valence-corrected chi connectivity index (χ2v) is 6.28. The predicted octanol–water partition coefficient (Wildman–Crippen LogP) is 2.40. The first-order valence-corrected chi connectivity index (χ1v) is 8.45. The monoisotopic (exact) mass is 327 g/mol. The van der Waals surface area contributed by atoms with Crippen molar-refractivity contribution in [3.8, 4) is 0 Å². The molecule has 0 saturated heterocycles. The Kier molecular flexibility index (Phi) is 5.08. The minimum absolute atomic E-state index is 0.106. The van der Waals surface area contributed by atoms with Crippen LogP contribution < -0.4 is 0 Å². The van der Waals surface area contributed by atoms with Gasteiger partial charge in [0.1, 0.15) is 12.1 Å². The second-order valence-electron chi connectivity index (χ2n) is 6.28. The molecule has 0 aromatic heterocycles. The molecule has 1 aliphatic heterocycles. The number of amides is 2. The molecule has 2 aliphatic rings. The maximum atomic E-state index is 12.7. The van der Waals surface area contributed by atoms with Crippen molar-refractivity contribution in [3.63, 3.8) is 0 Å². The van der Waals surface area contributed by atoms with Gasteiger partial charge in [0.15, 0.2) is 0 Å². The van der Waals surface area contributed by atoms with Gasteiger partial charge in [-0.25, -0.2) is 4.79 Å². The number of rotatable bonds is 5. The van der Waals surface area contributed by atoms with Gasteiger partial charge in [-0.3, -0.25) is 14.5 Å². The van der Waals surface area contributed by atoms with Gasteiger partial charge in [0.05, 0.1) is 0 Å². The molecule has 1 aliphatic carbocycles. The van der Waals surface area contributed by atoms with Crippen LogP contribution in [-0.2, 0) is 25.5 Å². The van der Waals surface area contributed by atoms with Crippen LogP contribution in [0, 0.1) is 0 Å². The third kappa shape index (κ3) is 3.72. The fourth-order valence-corrected chi connectivity index (χ4v) is 3.26. The minimum atomic E-state index is -0.913. The van der Waals surface area contributed by atoms with E-state index in [9.17, 15) is 14.4 Å². The number of carbonyl (C=O) groups is 3. The van der Waals surface area contributed by atoms with Crippen LogP contribution in [0.25, 0.3) is 0 Å². The Balaban J connectivity index is 1.77. The van der Waals surface area contributed by atoms with Crippen molar-refractivity contribution in [2.75, 3.05) is 0 Å². The zero-order valence-corrected chi connectivity index (χ0v) is 13.5. The van der Waals surface area contributed by atoms with E-state index in [-0.39, 0.29) is 12.5 Å².